The minimum Gasteiger partial charge on any atom is -0.399 e. The highest BCUT2D eigenvalue weighted by molar-refractivity contribution is 8.00. The van der Waals surface area contributed by atoms with E-state index in [2.05, 4.69) is 23.1 Å². The van der Waals surface area contributed by atoms with Crippen LogP contribution >= 0.6 is 11.8 Å². The SMILES string of the molecule is Nc1cccc(NCC2CCCS2)c1. The fourth-order valence-electron chi connectivity index (χ4n) is 1.69. The van der Waals surface area contributed by atoms with E-state index in [1.807, 2.05) is 18.2 Å². The average Bonchev–Trinajstić information content (AvgIpc) is 2.67. The summed E-state index contributed by atoms with van der Waals surface area (Å²) in [5, 5.41) is 4.21. The lowest BCUT2D eigenvalue weighted by molar-refractivity contribution is 0.805. The number of nitrogen functional groups attached to an aromatic ring is 1. The Hall–Kier alpha value is -0.830. The molecule has 1 atom stereocenters. The van der Waals surface area contributed by atoms with E-state index in [-0.39, 0.29) is 0 Å². The van der Waals surface area contributed by atoms with Crippen LogP contribution in [0.15, 0.2) is 24.3 Å². The first kappa shape index (κ1) is 9.71. The first-order valence-corrected chi connectivity index (χ1v) is 6.10. The van der Waals surface area contributed by atoms with Crippen LogP contribution in [0.1, 0.15) is 12.8 Å². The fraction of sp³-hybridized carbons (Fsp3) is 0.455. The van der Waals surface area contributed by atoms with E-state index in [4.69, 9.17) is 5.73 Å². The van der Waals surface area contributed by atoms with Crippen molar-refractivity contribution in [3.05, 3.63) is 24.3 Å². The van der Waals surface area contributed by atoms with Crippen LogP contribution in [-0.2, 0) is 0 Å². The molecule has 0 amide bonds. The Morgan fingerprint density at radius 2 is 2.43 bits per heavy atom. The third kappa shape index (κ3) is 2.58. The zero-order valence-electron chi connectivity index (χ0n) is 8.20. The zero-order chi connectivity index (χ0) is 9.80. The Morgan fingerprint density at radius 3 is 3.14 bits per heavy atom. The second-order valence-corrected chi connectivity index (χ2v) is 5.05. The van der Waals surface area contributed by atoms with Gasteiger partial charge in [-0.3, -0.25) is 0 Å². The molecule has 0 radical (unpaired) electrons. The number of anilines is 2. The Balaban J connectivity index is 1.85. The lowest BCUT2D eigenvalue weighted by Gasteiger charge is -2.11. The molecule has 0 spiro atoms. The highest BCUT2D eigenvalue weighted by Crippen LogP contribution is 2.26. The molecule has 14 heavy (non-hydrogen) atoms. The molecule has 1 heterocycles. The van der Waals surface area contributed by atoms with Crippen molar-refractivity contribution in [3.8, 4) is 0 Å². The van der Waals surface area contributed by atoms with Crippen LogP contribution in [0.4, 0.5) is 11.4 Å². The molecule has 0 bridgehead atoms. The molecule has 3 N–H and O–H groups in total. The number of hydrogen-bond acceptors (Lipinski definition) is 3. The summed E-state index contributed by atoms with van der Waals surface area (Å²) < 4.78 is 0. The average molecular weight is 208 g/mol. The van der Waals surface area contributed by atoms with E-state index in [1.54, 1.807) is 0 Å². The largest absolute Gasteiger partial charge is 0.399 e. The standard InChI is InChI=1S/C11H16N2S/c12-9-3-1-4-10(7-9)13-8-11-5-2-6-14-11/h1,3-4,7,11,13H,2,5-6,8,12H2. The Kier molecular flexibility index (Phi) is 3.19. The van der Waals surface area contributed by atoms with Crippen LogP contribution in [0.2, 0.25) is 0 Å². The van der Waals surface area contributed by atoms with Crippen molar-refractivity contribution >= 4 is 23.1 Å². The third-order valence-corrected chi connectivity index (χ3v) is 3.84. The van der Waals surface area contributed by atoms with Crippen molar-refractivity contribution < 1.29 is 0 Å². The summed E-state index contributed by atoms with van der Waals surface area (Å²) in [6, 6.07) is 7.95. The molecule has 3 heteroatoms. The maximum atomic E-state index is 5.70. The summed E-state index contributed by atoms with van der Waals surface area (Å²) >= 11 is 2.07. The quantitative estimate of drug-likeness (QED) is 0.750. The molecule has 1 aliphatic rings. The van der Waals surface area contributed by atoms with Gasteiger partial charge in [-0.05, 0) is 36.8 Å². The van der Waals surface area contributed by atoms with Gasteiger partial charge >= 0.3 is 0 Å². The lowest BCUT2D eigenvalue weighted by atomic mass is 10.2. The molecule has 1 fully saturated rings. The topological polar surface area (TPSA) is 38.0 Å². The van der Waals surface area contributed by atoms with Gasteiger partial charge in [0.05, 0.1) is 0 Å². The zero-order valence-corrected chi connectivity index (χ0v) is 9.02. The van der Waals surface area contributed by atoms with Gasteiger partial charge in [0.25, 0.3) is 0 Å². The number of benzene rings is 1. The molecule has 1 unspecified atom stereocenters. The lowest BCUT2D eigenvalue weighted by Crippen LogP contribution is -2.13. The number of nitrogens with two attached hydrogens (primary N) is 1. The molecular weight excluding hydrogens is 192 g/mol. The number of rotatable bonds is 3. The molecule has 1 aromatic carbocycles. The third-order valence-electron chi connectivity index (χ3n) is 2.44. The summed E-state index contributed by atoms with van der Waals surface area (Å²) in [6.07, 6.45) is 2.72. The first-order valence-electron chi connectivity index (χ1n) is 5.05. The predicted octanol–water partition coefficient (Wildman–Crippen LogP) is 2.58. The summed E-state index contributed by atoms with van der Waals surface area (Å²) in [4.78, 5) is 0. The minimum absolute atomic E-state index is 0.788. The van der Waals surface area contributed by atoms with Gasteiger partial charge in [-0.25, -0.2) is 0 Å². The van der Waals surface area contributed by atoms with E-state index in [0.717, 1.165) is 23.2 Å². The van der Waals surface area contributed by atoms with Gasteiger partial charge in [-0.1, -0.05) is 6.07 Å². The number of hydrogen-bond donors (Lipinski definition) is 2. The van der Waals surface area contributed by atoms with E-state index in [0.29, 0.717) is 0 Å². The van der Waals surface area contributed by atoms with Crippen molar-refractivity contribution in [2.75, 3.05) is 23.3 Å². The predicted molar refractivity (Wildman–Crippen MR) is 64.8 cm³/mol. The van der Waals surface area contributed by atoms with Crippen molar-refractivity contribution in [3.63, 3.8) is 0 Å². The van der Waals surface area contributed by atoms with E-state index >= 15 is 0 Å². The maximum Gasteiger partial charge on any atom is 0.0361 e. The van der Waals surface area contributed by atoms with Crippen LogP contribution in [-0.4, -0.2) is 17.5 Å². The normalized spacial score (nSPS) is 21.0. The minimum atomic E-state index is 0.788. The van der Waals surface area contributed by atoms with Gasteiger partial charge in [0.1, 0.15) is 0 Å². The molecule has 1 aliphatic heterocycles. The van der Waals surface area contributed by atoms with E-state index in [9.17, 15) is 0 Å². The van der Waals surface area contributed by atoms with Gasteiger partial charge in [-0.2, -0.15) is 11.8 Å². The smallest absolute Gasteiger partial charge is 0.0361 e. The molecule has 1 aromatic rings. The Bertz CT molecular complexity index is 295. The monoisotopic (exact) mass is 208 g/mol. The van der Waals surface area contributed by atoms with Gasteiger partial charge in [0.2, 0.25) is 0 Å². The molecule has 0 aliphatic carbocycles. The summed E-state index contributed by atoms with van der Waals surface area (Å²) in [7, 11) is 0. The molecule has 0 saturated carbocycles. The second-order valence-electron chi connectivity index (χ2n) is 3.64. The molecule has 0 aromatic heterocycles. The van der Waals surface area contributed by atoms with Crippen LogP contribution in [0.25, 0.3) is 0 Å². The molecule has 2 rings (SSSR count). The summed E-state index contributed by atoms with van der Waals surface area (Å²) in [6.45, 7) is 1.06. The van der Waals surface area contributed by atoms with Crippen molar-refractivity contribution in [2.24, 2.45) is 0 Å². The van der Waals surface area contributed by atoms with Crippen molar-refractivity contribution in [2.45, 2.75) is 18.1 Å². The Morgan fingerprint density at radius 1 is 1.50 bits per heavy atom. The molecule has 76 valence electrons. The van der Waals surface area contributed by atoms with Crippen molar-refractivity contribution in [1.29, 1.82) is 0 Å². The number of nitrogens with one attached hydrogen (secondary N) is 1. The van der Waals surface area contributed by atoms with Crippen LogP contribution < -0.4 is 11.1 Å². The highest BCUT2D eigenvalue weighted by atomic mass is 32.2. The summed E-state index contributed by atoms with van der Waals surface area (Å²) in [5.74, 6) is 1.32. The molecular formula is C11H16N2S. The first-order chi connectivity index (χ1) is 6.84. The molecule has 1 saturated heterocycles. The molecule has 2 nitrogen and oxygen atoms in total. The van der Waals surface area contributed by atoms with Crippen LogP contribution in [0.3, 0.4) is 0 Å². The van der Waals surface area contributed by atoms with Gasteiger partial charge in [-0.15, -0.1) is 0 Å². The maximum absolute atomic E-state index is 5.70. The Labute approximate surface area is 89.3 Å². The van der Waals surface area contributed by atoms with Crippen LogP contribution in [0, 0.1) is 0 Å². The van der Waals surface area contributed by atoms with Gasteiger partial charge < -0.3 is 11.1 Å². The fourth-order valence-corrected chi connectivity index (χ4v) is 2.89. The van der Waals surface area contributed by atoms with Gasteiger partial charge in [0, 0.05) is 23.2 Å². The number of thioether (sulfide) groups is 1. The van der Waals surface area contributed by atoms with E-state index in [1.165, 1.54) is 18.6 Å². The second kappa shape index (κ2) is 4.60. The summed E-state index contributed by atoms with van der Waals surface area (Å²) in [5.41, 5.74) is 7.66. The van der Waals surface area contributed by atoms with Crippen molar-refractivity contribution in [1.82, 2.24) is 0 Å². The van der Waals surface area contributed by atoms with Gasteiger partial charge in [0.15, 0.2) is 0 Å². The van der Waals surface area contributed by atoms with E-state index < -0.39 is 0 Å². The van der Waals surface area contributed by atoms with Crippen LogP contribution in [0.5, 0.6) is 0 Å². The highest BCUT2D eigenvalue weighted by Gasteiger charge is 2.14.